The lowest BCUT2D eigenvalue weighted by Crippen LogP contribution is -2.43. The number of benzene rings is 2. The fraction of sp³-hybridized carbons (Fsp3) is 0.545. The molecule has 2 aromatic heterocycles. The van der Waals surface area contributed by atoms with E-state index < -0.39 is 43.1 Å². The summed E-state index contributed by atoms with van der Waals surface area (Å²) < 4.78 is 66.0. The Bertz CT molecular complexity index is 2350. The van der Waals surface area contributed by atoms with Crippen LogP contribution < -0.4 is 19.7 Å². The molecule has 1 aliphatic carbocycles. The van der Waals surface area contributed by atoms with E-state index in [1.54, 1.807) is 18.2 Å². The molecule has 1 amide bonds. The van der Waals surface area contributed by atoms with E-state index in [9.17, 15) is 14.3 Å². The van der Waals surface area contributed by atoms with Gasteiger partial charge in [0.25, 0.3) is 0 Å². The standard InChI is InChI=1S/C44H53F3N6O5Si/c1-25(2)59(26(3)4,27(5)6)14-11-32-35(46)10-9-28-15-31(58-24-56-7)16-33(36(28)32)38-37(47)39-34(19-48-38)40(52-20-29-17-44(29,22-52)51-42(54)55)50-41(49-39)57-23-43-12-8-13-53(43)21-30(45)18-43/h9-10,15-16,19,25-27,29-30,51H,8,12-13,17-18,20-24H2,1-7H3,(H,54,55)/t29?,30-,43+,44-/m1/s1. The summed E-state index contributed by atoms with van der Waals surface area (Å²) in [4.78, 5) is 29.9. The van der Waals surface area contributed by atoms with Crippen LogP contribution in [0.4, 0.5) is 23.8 Å². The van der Waals surface area contributed by atoms with Crippen LogP contribution in [0, 0.1) is 29.0 Å². The van der Waals surface area contributed by atoms with Gasteiger partial charge in [-0.25, -0.2) is 18.0 Å². The largest absolute Gasteiger partial charge is 0.468 e. The maximum atomic E-state index is 17.6. The lowest BCUT2D eigenvalue weighted by Gasteiger charge is -2.38. The van der Waals surface area contributed by atoms with Gasteiger partial charge < -0.3 is 29.5 Å². The highest BCUT2D eigenvalue weighted by Crippen LogP contribution is 2.51. The topological polar surface area (TPSA) is 122 Å². The Kier molecular flexibility index (Phi) is 10.7. The number of hydrogen-bond acceptors (Lipinski definition) is 9. The van der Waals surface area contributed by atoms with Gasteiger partial charge in [-0.05, 0) is 66.0 Å². The Morgan fingerprint density at radius 1 is 1.07 bits per heavy atom. The van der Waals surface area contributed by atoms with Crippen molar-refractivity contribution in [2.75, 3.05) is 51.6 Å². The molecular formula is C44H53F3N6O5Si. The number of fused-ring (bicyclic) bond motifs is 4. The summed E-state index contributed by atoms with van der Waals surface area (Å²) in [5, 5.41) is 13.5. The molecule has 4 aromatic rings. The summed E-state index contributed by atoms with van der Waals surface area (Å²) in [6, 6.07) is 6.29. The van der Waals surface area contributed by atoms with Crippen LogP contribution in [-0.2, 0) is 4.74 Å². The molecule has 4 aliphatic rings. The lowest BCUT2D eigenvalue weighted by atomic mass is 9.95. The van der Waals surface area contributed by atoms with Gasteiger partial charge in [-0.15, -0.1) is 5.54 Å². The number of nitrogens with zero attached hydrogens (tertiary/aromatic N) is 5. The van der Waals surface area contributed by atoms with Gasteiger partial charge in [-0.1, -0.05) is 53.5 Å². The number of piperidine rings is 1. The van der Waals surface area contributed by atoms with Gasteiger partial charge in [-0.2, -0.15) is 9.97 Å². The number of anilines is 1. The van der Waals surface area contributed by atoms with Crippen molar-refractivity contribution in [3.63, 3.8) is 0 Å². The normalized spacial score (nSPS) is 23.9. The summed E-state index contributed by atoms with van der Waals surface area (Å²) in [5.41, 5.74) is 3.64. The van der Waals surface area contributed by atoms with Crippen LogP contribution in [0.5, 0.6) is 11.8 Å². The first-order chi connectivity index (χ1) is 28.1. The second-order valence-electron chi connectivity index (χ2n) is 17.9. The molecule has 314 valence electrons. The summed E-state index contributed by atoms with van der Waals surface area (Å²) in [6.07, 6.45) is 2.13. The Morgan fingerprint density at radius 3 is 2.54 bits per heavy atom. The maximum absolute atomic E-state index is 17.6. The van der Waals surface area contributed by atoms with Crippen LogP contribution in [0.2, 0.25) is 16.6 Å². The van der Waals surface area contributed by atoms with E-state index in [4.69, 9.17) is 24.2 Å². The first-order valence-corrected chi connectivity index (χ1v) is 22.9. The number of methoxy groups -OCH3 is 1. The molecule has 1 unspecified atom stereocenters. The molecule has 4 fully saturated rings. The van der Waals surface area contributed by atoms with Crippen molar-refractivity contribution in [1.29, 1.82) is 0 Å². The van der Waals surface area contributed by atoms with E-state index >= 15 is 8.78 Å². The van der Waals surface area contributed by atoms with Gasteiger partial charge in [-0.3, -0.25) is 9.88 Å². The number of nitrogens with one attached hydrogen (secondary N) is 1. The second kappa shape index (κ2) is 15.4. The first-order valence-electron chi connectivity index (χ1n) is 20.7. The zero-order valence-corrected chi connectivity index (χ0v) is 35.8. The number of alkyl halides is 1. The molecule has 5 heterocycles. The molecule has 4 atom stereocenters. The molecule has 3 aliphatic heterocycles. The predicted octanol–water partition coefficient (Wildman–Crippen LogP) is 8.48. The number of pyridine rings is 1. The molecule has 0 radical (unpaired) electrons. The van der Waals surface area contributed by atoms with Gasteiger partial charge in [0, 0.05) is 56.2 Å². The summed E-state index contributed by atoms with van der Waals surface area (Å²) in [6.45, 7) is 15.1. The summed E-state index contributed by atoms with van der Waals surface area (Å²) >= 11 is 0. The highest BCUT2D eigenvalue weighted by molar-refractivity contribution is 6.90. The Labute approximate surface area is 344 Å². The quantitative estimate of drug-likeness (QED) is 0.0817. The highest BCUT2D eigenvalue weighted by atomic mass is 28.3. The molecule has 59 heavy (non-hydrogen) atoms. The summed E-state index contributed by atoms with van der Waals surface area (Å²) in [5.74, 6) is 2.76. The fourth-order valence-electron chi connectivity index (χ4n) is 10.8. The zero-order valence-electron chi connectivity index (χ0n) is 34.8. The minimum absolute atomic E-state index is 0.0514. The third-order valence-electron chi connectivity index (χ3n) is 13.6. The van der Waals surface area contributed by atoms with Crippen LogP contribution in [0.1, 0.15) is 72.8 Å². The molecule has 2 N–H and O–H groups in total. The number of carbonyl (C=O) groups is 1. The minimum atomic E-state index is -2.32. The number of rotatable bonds is 12. The smallest absolute Gasteiger partial charge is 0.405 e. The van der Waals surface area contributed by atoms with Crippen LogP contribution in [-0.4, -0.2) is 103 Å². The van der Waals surface area contributed by atoms with Gasteiger partial charge in [0.15, 0.2) is 12.6 Å². The van der Waals surface area contributed by atoms with Crippen molar-refractivity contribution in [2.45, 2.75) is 101 Å². The first kappa shape index (κ1) is 41.1. The zero-order chi connectivity index (χ0) is 42.0. The number of halogens is 3. The van der Waals surface area contributed by atoms with E-state index in [0.29, 0.717) is 76.8 Å². The predicted molar refractivity (Wildman–Crippen MR) is 223 cm³/mol. The van der Waals surface area contributed by atoms with E-state index in [1.807, 2.05) is 4.90 Å². The van der Waals surface area contributed by atoms with Crippen molar-refractivity contribution in [3.8, 4) is 34.5 Å². The van der Waals surface area contributed by atoms with Crippen molar-refractivity contribution in [1.82, 2.24) is 25.2 Å². The maximum Gasteiger partial charge on any atom is 0.405 e. The van der Waals surface area contributed by atoms with Crippen molar-refractivity contribution >= 4 is 41.7 Å². The van der Waals surface area contributed by atoms with Crippen molar-refractivity contribution < 1.29 is 37.3 Å². The van der Waals surface area contributed by atoms with Gasteiger partial charge in [0.2, 0.25) is 0 Å². The van der Waals surface area contributed by atoms with Gasteiger partial charge in [0.05, 0.1) is 22.0 Å². The third-order valence-corrected chi connectivity index (χ3v) is 19.9. The van der Waals surface area contributed by atoms with E-state index in [0.717, 1.165) is 19.4 Å². The van der Waals surface area contributed by atoms with E-state index in [-0.39, 0.29) is 47.7 Å². The molecular weight excluding hydrogens is 778 g/mol. The SMILES string of the molecule is COCOc1cc(-c2ncc3c(N4CC5C[C@@]5(NC(=O)O)C4)nc(OC[C@@]45CCCN4C[C@H](F)C5)nc3c2F)c2c(C#C[Si](C(C)C)(C(C)C)C(C)C)c(F)ccc2c1. The highest BCUT2D eigenvalue weighted by Gasteiger charge is 2.61. The van der Waals surface area contributed by atoms with Gasteiger partial charge in [0.1, 0.15) is 49.4 Å². The Morgan fingerprint density at radius 2 is 1.83 bits per heavy atom. The second-order valence-corrected chi connectivity index (χ2v) is 23.5. The van der Waals surface area contributed by atoms with Crippen LogP contribution in [0.3, 0.4) is 0 Å². The van der Waals surface area contributed by atoms with Crippen LogP contribution in [0.15, 0.2) is 30.5 Å². The Hall–Kier alpha value is -4.65. The van der Waals surface area contributed by atoms with Gasteiger partial charge >= 0.3 is 12.1 Å². The van der Waals surface area contributed by atoms with Crippen LogP contribution in [0.25, 0.3) is 32.9 Å². The molecule has 3 saturated heterocycles. The summed E-state index contributed by atoms with van der Waals surface area (Å²) in [7, 11) is -0.824. The van der Waals surface area contributed by atoms with Crippen molar-refractivity contribution in [2.24, 2.45) is 5.92 Å². The average Bonchev–Trinajstić information content (AvgIpc) is 3.40. The number of aromatic nitrogens is 3. The minimum Gasteiger partial charge on any atom is -0.468 e. The van der Waals surface area contributed by atoms with E-state index in [1.165, 1.54) is 19.4 Å². The number of hydrogen-bond donors (Lipinski definition) is 2. The van der Waals surface area contributed by atoms with E-state index in [2.05, 4.69) is 68.2 Å². The molecule has 0 spiro atoms. The van der Waals surface area contributed by atoms with Crippen molar-refractivity contribution in [3.05, 3.63) is 47.7 Å². The molecule has 2 aromatic carbocycles. The molecule has 11 nitrogen and oxygen atoms in total. The lowest BCUT2D eigenvalue weighted by molar-refractivity contribution is 0.0512. The number of carboxylic acid groups (broad SMARTS) is 1. The molecule has 0 bridgehead atoms. The monoisotopic (exact) mass is 830 g/mol. The number of amides is 1. The fourth-order valence-corrected chi connectivity index (χ4v) is 16.0. The number of ether oxygens (including phenoxy) is 3. The third kappa shape index (κ3) is 7.14. The molecule has 15 heteroatoms. The molecule has 1 saturated carbocycles. The molecule has 8 rings (SSSR count). The Balaban J connectivity index is 1.30. The van der Waals surface area contributed by atoms with Crippen LogP contribution >= 0.6 is 0 Å². The average molecular weight is 831 g/mol.